The summed E-state index contributed by atoms with van der Waals surface area (Å²) < 4.78 is 10.2. The van der Waals surface area contributed by atoms with Crippen molar-refractivity contribution in [3.63, 3.8) is 0 Å². The molecule has 0 unspecified atom stereocenters. The molecular weight excluding hydrogens is 258 g/mol. The zero-order valence-electron chi connectivity index (χ0n) is 13.0. The first-order valence-corrected chi connectivity index (χ1v) is 7.45. The van der Waals surface area contributed by atoms with Crippen LogP contribution in [0.4, 0.5) is 4.79 Å². The van der Waals surface area contributed by atoms with E-state index in [0.717, 1.165) is 25.7 Å². The molecule has 116 valence electrons. The molecule has 0 spiro atoms. The Hall–Kier alpha value is -1.26. The van der Waals surface area contributed by atoms with Crippen LogP contribution in [0.15, 0.2) is 0 Å². The van der Waals surface area contributed by atoms with E-state index in [1.54, 1.807) is 0 Å². The number of rotatable bonds is 4. The number of carbonyl (C=O) groups is 2. The lowest BCUT2D eigenvalue weighted by Crippen LogP contribution is -2.36. The summed E-state index contributed by atoms with van der Waals surface area (Å²) in [6, 6.07) is 0. The third-order valence-electron chi connectivity index (χ3n) is 3.40. The van der Waals surface area contributed by atoms with Gasteiger partial charge in [-0.15, -0.1) is 0 Å². The molecule has 0 bridgehead atoms. The summed E-state index contributed by atoms with van der Waals surface area (Å²) in [6.07, 6.45) is 3.21. The predicted molar refractivity (Wildman–Crippen MR) is 76.3 cm³/mol. The van der Waals surface area contributed by atoms with Crippen molar-refractivity contribution >= 4 is 12.1 Å². The van der Waals surface area contributed by atoms with Gasteiger partial charge in [0.15, 0.2) is 0 Å². The molecule has 5 heteroatoms. The van der Waals surface area contributed by atoms with E-state index in [1.165, 1.54) is 0 Å². The van der Waals surface area contributed by atoms with E-state index >= 15 is 0 Å². The third-order valence-corrected chi connectivity index (χ3v) is 3.40. The van der Waals surface area contributed by atoms with E-state index in [1.807, 2.05) is 27.7 Å². The molecule has 0 atom stereocenters. The largest absolute Gasteiger partial charge is 0.466 e. The topological polar surface area (TPSA) is 64.6 Å². The fraction of sp³-hybridized carbons (Fsp3) is 0.867. The molecule has 1 saturated carbocycles. The maximum Gasteiger partial charge on any atom is 0.407 e. The van der Waals surface area contributed by atoms with Gasteiger partial charge in [0.1, 0.15) is 5.60 Å². The molecular formula is C15H27NO4. The number of hydrogen-bond donors (Lipinski definition) is 1. The van der Waals surface area contributed by atoms with Crippen molar-refractivity contribution in [2.45, 2.75) is 59.0 Å². The van der Waals surface area contributed by atoms with Crippen molar-refractivity contribution in [1.29, 1.82) is 0 Å². The van der Waals surface area contributed by atoms with Crippen LogP contribution < -0.4 is 5.32 Å². The quantitative estimate of drug-likeness (QED) is 0.807. The second-order valence-electron chi connectivity index (χ2n) is 6.35. The predicted octanol–water partition coefficient (Wildman–Crippen LogP) is 2.88. The first-order chi connectivity index (χ1) is 9.31. The van der Waals surface area contributed by atoms with E-state index < -0.39 is 5.60 Å². The molecule has 0 saturated heterocycles. The lowest BCUT2D eigenvalue weighted by Gasteiger charge is -2.27. The van der Waals surface area contributed by atoms with Crippen molar-refractivity contribution in [2.75, 3.05) is 13.2 Å². The van der Waals surface area contributed by atoms with Crippen LogP contribution in [-0.2, 0) is 14.3 Å². The minimum atomic E-state index is -0.467. The van der Waals surface area contributed by atoms with Crippen molar-refractivity contribution in [1.82, 2.24) is 5.32 Å². The summed E-state index contributed by atoms with van der Waals surface area (Å²) in [5.41, 5.74) is -0.467. The van der Waals surface area contributed by atoms with Gasteiger partial charge in [0.25, 0.3) is 0 Å². The van der Waals surface area contributed by atoms with Gasteiger partial charge in [-0.1, -0.05) is 0 Å². The Morgan fingerprint density at radius 2 is 1.75 bits per heavy atom. The highest BCUT2D eigenvalue weighted by atomic mass is 16.6. The smallest absolute Gasteiger partial charge is 0.407 e. The highest BCUT2D eigenvalue weighted by Gasteiger charge is 2.27. The SMILES string of the molecule is CCOC(=O)C1CCC(CNC(=O)OC(C)(C)C)CC1. The van der Waals surface area contributed by atoms with E-state index in [4.69, 9.17) is 9.47 Å². The maximum atomic E-state index is 11.6. The summed E-state index contributed by atoms with van der Waals surface area (Å²) in [6.45, 7) is 8.42. The Labute approximate surface area is 121 Å². The normalized spacial score (nSPS) is 23.0. The Kier molecular flexibility index (Phi) is 6.30. The monoisotopic (exact) mass is 285 g/mol. The molecule has 5 nitrogen and oxygen atoms in total. The molecule has 1 N–H and O–H groups in total. The first kappa shape index (κ1) is 16.8. The Balaban J connectivity index is 2.23. The van der Waals surface area contributed by atoms with Crippen molar-refractivity contribution in [2.24, 2.45) is 11.8 Å². The molecule has 0 radical (unpaired) electrons. The highest BCUT2D eigenvalue weighted by molar-refractivity contribution is 5.72. The van der Waals surface area contributed by atoms with Gasteiger partial charge >= 0.3 is 12.1 Å². The fourth-order valence-corrected chi connectivity index (χ4v) is 2.40. The number of alkyl carbamates (subject to hydrolysis) is 1. The van der Waals surface area contributed by atoms with Gasteiger partial charge in [0.2, 0.25) is 0 Å². The molecule has 0 aliphatic heterocycles. The van der Waals surface area contributed by atoms with Crippen LogP contribution in [0.1, 0.15) is 53.4 Å². The average Bonchev–Trinajstić information content (AvgIpc) is 2.35. The van der Waals surface area contributed by atoms with Gasteiger partial charge in [-0.05, 0) is 59.3 Å². The fourth-order valence-electron chi connectivity index (χ4n) is 2.40. The van der Waals surface area contributed by atoms with Crippen LogP contribution in [0.3, 0.4) is 0 Å². The molecule has 0 heterocycles. The standard InChI is InChI=1S/C15H27NO4/c1-5-19-13(17)12-8-6-11(7-9-12)10-16-14(18)20-15(2,3)4/h11-12H,5-10H2,1-4H3,(H,16,18). The van der Waals surface area contributed by atoms with Crippen LogP contribution in [0.2, 0.25) is 0 Å². The van der Waals surface area contributed by atoms with Gasteiger partial charge in [-0.25, -0.2) is 4.79 Å². The number of esters is 1. The number of hydrogen-bond acceptors (Lipinski definition) is 4. The lowest BCUT2D eigenvalue weighted by atomic mass is 9.82. The second kappa shape index (κ2) is 7.50. The summed E-state index contributed by atoms with van der Waals surface area (Å²) in [5.74, 6) is 0.381. The van der Waals surface area contributed by atoms with E-state index in [2.05, 4.69) is 5.32 Å². The molecule has 0 aromatic carbocycles. The minimum absolute atomic E-state index is 0.0349. The van der Waals surface area contributed by atoms with Crippen molar-refractivity contribution in [3.05, 3.63) is 0 Å². The minimum Gasteiger partial charge on any atom is -0.466 e. The number of ether oxygens (including phenoxy) is 2. The summed E-state index contributed by atoms with van der Waals surface area (Å²) in [4.78, 5) is 23.2. The van der Waals surface area contributed by atoms with Crippen LogP contribution >= 0.6 is 0 Å². The molecule has 0 aromatic heterocycles. The Morgan fingerprint density at radius 3 is 2.25 bits per heavy atom. The van der Waals surface area contributed by atoms with Crippen molar-refractivity contribution < 1.29 is 19.1 Å². The molecule has 1 fully saturated rings. The van der Waals surface area contributed by atoms with Crippen LogP contribution in [-0.4, -0.2) is 30.8 Å². The zero-order valence-corrected chi connectivity index (χ0v) is 13.0. The molecule has 1 rings (SSSR count). The van der Waals surface area contributed by atoms with Crippen LogP contribution in [0.5, 0.6) is 0 Å². The maximum absolute atomic E-state index is 11.6. The van der Waals surface area contributed by atoms with E-state index in [9.17, 15) is 9.59 Å². The molecule has 1 amide bonds. The van der Waals surface area contributed by atoms with Crippen molar-refractivity contribution in [3.8, 4) is 0 Å². The van der Waals surface area contributed by atoms with Gasteiger partial charge in [0, 0.05) is 6.54 Å². The number of carbonyl (C=O) groups excluding carboxylic acids is 2. The van der Waals surface area contributed by atoms with E-state index in [0.29, 0.717) is 19.1 Å². The lowest BCUT2D eigenvalue weighted by molar-refractivity contribution is -0.149. The van der Waals surface area contributed by atoms with Gasteiger partial charge in [-0.3, -0.25) is 4.79 Å². The first-order valence-electron chi connectivity index (χ1n) is 7.45. The van der Waals surface area contributed by atoms with Gasteiger partial charge in [-0.2, -0.15) is 0 Å². The highest BCUT2D eigenvalue weighted by Crippen LogP contribution is 2.29. The average molecular weight is 285 g/mol. The molecule has 20 heavy (non-hydrogen) atoms. The van der Waals surface area contributed by atoms with Gasteiger partial charge in [0.05, 0.1) is 12.5 Å². The van der Waals surface area contributed by atoms with E-state index in [-0.39, 0.29) is 18.0 Å². The zero-order chi connectivity index (χ0) is 15.2. The van der Waals surface area contributed by atoms with Crippen LogP contribution in [0.25, 0.3) is 0 Å². The molecule has 0 aromatic rings. The number of nitrogens with one attached hydrogen (secondary N) is 1. The molecule has 1 aliphatic rings. The third kappa shape index (κ3) is 6.26. The summed E-state index contributed by atoms with van der Waals surface area (Å²) >= 11 is 0. The number of amides is 1. The summed E-state index contributed by atoms with van der Waals surface area (Å²) in [7, 11) is 0. The second-order valence-corrected chi connectivity index (χ2v) is 6.35. The van der Waals surface area contributed by atoms with Crippen LogP contribution in [0, 0.1) is 11.8 Å². The summed E-state index contributed by atoms with van der Waals surface area (Å²) in [5, 5.41) is 2.80. The Morgan fingerprint density at radius 1 is 1.15 bits per heavy atom. The van der Waals surface area contributed by atoms with Gasteiger partial charge < -0.3 is 14.8 Å². The molecule has 1 aliphatic carbocycles. The Bertz CT molecular complexity index is 327.